The molecule has 1 atom stereocenters. The molecule has 0 bridgehead atoms. The maximum atomic E-state index is 6.04. The van der Waals surface area contributed by atoms with Crippen LogP contribution in [0.5, 0.6) is 0 Å². The molecule has 2 rings (SSSR count). The molecule has 0 saturated heterocycles. The first-order valence-electron chi connectivity index (χ1n) is 6.03. The van der Waals surface area contributed by atoms with Gasteiger partial charge in [0.1, 0.15) is 0 Å². The quantitative estimate of drug-likeness (QED) is 0.839. The van der Waals surface area contributed by atoms with Crippen molar-refractivity contribution in [3.8, 4) is 0 Å². The number of nitrogens with zero attached hydrogens (tertiary/aromatic N) is 2. The van der Waals surface area contributed by atoms with Crippen LogP contribution in [0.3, 0.4) is 0 Å². The molecule has 0 fully saturated rings. The maximum absolute atomic E-state index is 6.04. The minimum Gasteiger partial charge on any atom is -0.371 e. The van der Waals surface area contributed by atoms with Gasteiger partial charge in [-0.3, -0.25) is 0 Å². The molecular formula is C13H21N3. The number of rotatable bonds is 3. The van der Waals surface area contributed by atoms with E-state index in [0.717, 1.165) is 26.1 Å². The summed E-state index contributed by atoms with van der Waals surface area (Å²) < 4.78 is 0. The van der Waals surface area contributed by atoms with Gasteiger partial charge in [0.05, 0.1) is 11.4 Å². The zero-order chi connectivity index (χ0) is 11.5. The molecule has 3 heteroatoms. The SMILES string of the molecule is CCC(N)CN1CCN(C)c2ccccc21. The lowest BCUT2D eigenvalue weighted by Crippen LogP contribution is -2.44. The molecule has 3 nitrogen and oxygen atoms in total. The molecule has 1 aliphatic heterocycles. The first kappa shape index (κ1) is 11.3. The predicted octanol–water partition coefficient (Wildman–Crippen LogP) is 1.68. The lowest BCUT2D eigenvalue weighted by atomic mass is 10.1. The van der Waals surface area contributed by atoms with E-state index < -0.39 is 0 Å². The molecule has 0 saturated carbocycles. The topological polar surface area (TPSA) is 32.5 Å². The van der Waals surface area contributed by atoms with Gasteiger partial charge in [-0.2, -0.15) is 0 Å². The second-order valence-corrected chi connectivity index (χ2v) is 4.52. The average molecular weight is 219 g/mol. The van der Waals surface area contributed by atoms with Crippen molar-refractivity contribution < 1.29 is 0 Å². The van der Waals surface area contributed by atoms with Crippen LogP contribution >= 0.6 is 0 Å². The van der Waals surface area contributed by atoms with Gasteiger partial charge in [-0.1, -0.05) is 19.1 Å². The molecular weight excluding hydrogens is 198 g/mol. The van der Waals surface area contributed by atoms with Crippen LogP contribution in [0.15, 0.2) is 24.3 Å². The Balaban J connectivity index is 2.21. The molecule has 1 heterocycles. The largest absolute Gasteiger partial charge is 0.371 e. The molecule has 1 aromatic rings. The second kappa shape index (κ2) is 4.74. The minimum absolute atomic E-state index is 0.275. The highest BCUT2D eigenvalue weighted by molar-refractivity contribution is 5.73. The van der Waals surface area contributed by atoms with Crippen LogP contribution in [0.2, 0.25) is 0 Å². The standard InChI is InChI=1S/C13H21N3/c1-3-11(14)10-16-9-8-15(2)12-6-4-5-7-13(12)16/h4-7,11H,3,8-10,14H2,1-2H3. The highest BCUT2D eigenvalue weighted by Crippen LogP contribution is 2.31. The van der Waals surface area contributed by atoms with Gasteiger partial charge in [0, 0.05) is 32.7 Å². The Morgan fingerprint density at radius 2 is 1.94 bits per heavy atom. The van der Waals surface area contributed by atoms with Gasteiger partial charge < -0.3 is 15.5 Å². The van der Waals surface area contributed by atoms with Crippen LogP contribution in [0.25, 0.3) is 0 Å². The van der Waals surface area contributed by atoms with Gasteiger partial charge in [0.2, 0.25) is 0 Å². The first-order valence-corrected chi connectivity index (χ1v) is 6.03. The van der Waals surface area contributed by atoms with E-state index in [1.807, 2.05) is 0 Å². The van der Waals surface area contributed by atoms with Crippen molar-refractivity contribution in [2.75, 3.05) is 36.5 Å². The van der Waals surface area contributed by atoms with Gasteiger partial charge in [-0.05, 0) is 18.6 Å². The maximum Gasteiger partial charge on any atom is 0.0605 e. The number of anilines is 2. The highest BCUT2D eigenvalue weighted by atomic mass is 15.3. The summed E-state index contributed by atoms with van der Waals surface area (Å²) in [5, 5.41) is 0. The Bertz CT molecular complexity index is 351. The van der Waals surface area contributed by atoms with Gasteiger partial charge >= 0.3 is 0 Å². The molecule has 1 unspecified atom stereocenters. The van der Waals surface area contributed by atoms with Crippen LogP contribution in [-0.2, 0) is 0 Å². The van der Waals surface area contributed by atoms with Gasteiger partial charge in [-0.15, -0.1) is 0 Å². The van der Waals surface area contributed by atoms with Crippen molar-refractivity contribution in [3.63, 3.8) is 0 Å². The lowest BCUT2D eigenvalue weighted by Gasteiger charge is -2.38. The number of likely N-dealkylation sites (N-methyl/N-ethyl adjacent to an activating group) is 1. The number of hydrogen-bond acceptors (Lipinski definition) is 3. The molecule has 0 aromatic heterocycles. The number of nitrogens with two attached hydrogens (primary N) is 1. The second-order valence-electron chi connectivity index (χ2n) is 4.52. The van der Waals surface area contributed by atoms with Crippen LogP contribution < -0.4 is 15.5 Å². The zero-order valence-electron chi connectivity index (χ0n) is 10.2. The van der Waals surface area contributed by atoms with Crippen LogP contribution in [0, 0.1) is 0 Å². The molecule has 1 aromatic carbocycles. The van der Waals surface area contributed by atoms with Gasteiger partial charge in [0.15, 0.2) is 0 Å². The van der Waals surface area contributed by atoms with E-state index in [2.05, 4.69) is 48.0 Å². The van der Waals surface area contributed by atoms with Crippen molar-refractivity contribution in [2.45, 2.75) is 19.4 Å². The van der Waals surface area contributed by atoms with E-state index in [0.29, 0.717) is 0 Å². The third-order valence-corrected chi connectivity index (χ3v) is 3.32. The average Bonchev–Trinajstić information content (AvgIpc) is 2.33. The van der Waals surface area contributed by atoms with E-state index in [4.69, 9.17) is 5.73 Å². The molecule has 2 N–H and O–H groups in total. The van der Waals surface area contributed by atoms with Gasteiger partial charge in [0.25, 0.3) is 0 Å². The van der Waals surface area contributed by atoms with Crippen LogP contribution in [0.4, 0.5) is 11.4 Å². The third kappa shape index (κ3) is 2.14. The molecule has 16 heavy (non-hydrogen) atoms. The van der Waals surface area contributed by atoms with E-state index in [1.54, 1.807) is 0 Å². The Kier molecular flexibility index (Phi) is 3.34. The fraction of sp³-hybridized carbons (Fsp3) is 0.538. The van der Waals surface area contributed by atoms with E-state index in [-0.39, 0.29) is 6.04 Å². The van der Waals surface area contributed by atoms with Crippen molar-refractivity contribution in [1.82, 2.24) is 0 Å². The molecule has 0 radical (unpaired) electrons. The summed E-state index contributed by atoms with van der Waals surface area (Å²) in [6.45, 7) is 5.25. The summed E-state index contributed by atoms with van der Waals surface area (Å²) in [6.07, 6.45) is 1.04. The summed E-state index contributed by atoms with van der Waals surface area (Å²) in [5.74, 6) is 0. The normalized spacial score (nSPS) is 17.2. The highest BCUT2D eigenvalue weighted by Gasteiger charge is 2.20. The van der Waals surface area contributed by atoms with Crippen LogP contribution in [-0.4, -0.2) is 32.7 Å². The summed E-state index contributed by atoms with van der Waals surface area (Å²) in [6, 6.07) is 8.84. The van der Waals surface area contributed by atoms with Crippen molar-refractivity contribution in [3.05, 3.63) is 24.3 Å². The van der Waals surface area contributed by atoms with E-state index in [9.17, 15) is 0 Å². The summed E-state index contributed by atoms with van der Waals surface area (Å²) in [4.78, 5) is 4.72. The monoisotopic (exact) mass is 219 g/mol. The first-order chi connectivity index (χ1) is 7.72. The number of para-hydroxylation sites is 2. The van der Waals surface area contributed by atoms with Crippen molar-refractivity contribution in [2.24, 2.45) is 5.73 Å². The van der Waals surface area contributed by atoms with Crippen molar-refractivity contribution >= 4 is 11.4 Å². The number of benzene rings is 1. The Morgan fingerprint density at radius 3 is 2.62 bits per heavy atom. The van der Waals surface area contributed by atoms with E-state index >= 15 is 0 Å². The van der Waals surface area contributed by atoms with Crippen LogP contribution in [0.1, 0.15) is 13.3 Å². The molecule has 0 amide bonds. The molecule has 1 aliphatic rings. The molecule has 88 valence electrons. The number of hydrogen-bond donors (Lipinski definition) is 1. The summed E-state index contributed by atoms with van der Waals surface area (Å²) in [7, 11) is 2.15. The number of fused-ring (bicyclic) bond motifs is 1. The third-order valence-electron chi connectivity index (χ3n) is 3.32. The Morgan fingerprint density at radius 1 is 1.25 bits per heavy atom. The zero-order valence-corrected chi connectivity index (χ0v) is 10.2. The fourth-order valence-electron chi connectivity index (χ4n) is 2.17. The lowest BCUT2D eigenvalue weighted by molar-refractivity contribution is 0.606. The molecule has 0 spiro atoms. The Labute approximate surface area is 97.8 Å². The molecule has 0 aliphatic carbocycles. The minimum atomic E-state index is 0.275. The summed E-state index contributed by atoms with van der Waals surface area (Å²) >= 11 is 0. The predicted molar refractivity (Wildman–Crippen MR) is 70.2 cm³/mol. The fourth-order valence-corrected chi connectivity index (χ4v) is 2.17. The Hall–Kier alpha value is -1.22. The summed E-state index contributed by atoms with van der Waals surface area (Å²) in [5.41, 5.74) is 8.68. The smallest absolute Gasteiger partial charge is 0.0605 e. The van der Waals surface area contributed by atoms with Crippen molar-refractivity contribution in [1.29, 1.82) is 0 Å². The van der Waals surface area contributed by atoms with Gasteiger partial charge in [-0.25, -0.2) is 0 Å². The van der Waals surface area contributed by atoms with E-state index in [1.165, 1.54) is 11.4 Å².